The van der Waals surface area contributed by atoms with Gasteiger partial charge in [-0.15, -0.1) is 24.8 Å². The minimum Gasteiger partial charge on any atom is -0.301 e. The predicted octanol–water partition coefficient (Wildman–Crippen LogP) is 3.13. The second kappa shape index (κ2) is 11.0. The smallest absolute Gasteiger partial charge is 0.164 e. The van der Waals surface area contributed by atoms with Crippen LogP contribution in [0.5, 0.6) is 0 Å². The third kappa shape index (κ3) is 6.79. The van der Waals surface area contributed by atoms with E-state index in [0.717, 1.165) is 38.3 Å². The maximum Gasteiger partial charge on any atom is 0.164 e. The van der Waals surface area contributed by atoms with E-state index in [0.29, 0.717) is 6.42 Å². The van der Waals surface area contributed by atoms with Gasteiger partial charge in [-0.05, 0) is 13.0 Å². The number of piperazine rings is 1. The lowest BCUT2D eigenvalue weighted by Gasteiger charge is -2.34. The van der Waals surface area contributed by atoms with Gasteiger partial charge in [-0.2, -0.15) is 0 Å². The first-order chi connectivity index (χ1) is 9.29. The number of nitrogens with zero attached hydrogens (tertiary/aromatic N) is 2. The standard InChI is InChI=1S/C16H24N2O.2ClH/c1-2-9-17-11-13-18(14-12-17)10-8-16(19)15-6-4-3-5-7-15;;/h3-7H,2,8-14H2,1H3;2*1H. The summed E-state index contributed by atoms with van der Waals surface area (Å²) in [5.41, 5.74) is 0.840. The SMILES string of the molecule is CCCN1CCN(CCC(=O)c2ccccc2)CC1.Cl.Cl. The van der Waals surface area contributed by atoms with Crippen LogP contribution < -0.4 is 0 Å². The summed E-state index contributed by atoms with van der Waals surface area (Å²) in [6.07, 6.45) is 1.87. The van der Waals surface area contributed by atoms with Crippen LogP contribution in [0.25, 0.3) is 0 Å². The van der Waals surface area contributed by atoms with Crippen LogP contribution in [0.4, 0.5) is 0 Å². The van der Waals surface area contributed by atoms with E-state index in [9.17, 15) is 4.79 Å². The summed E-state index contributed by atoms with van der Waals surface area (Å²) in [6.45, 7) is 8.82. The molecule has 1 heterocycles. The van der Waals surface area contributed by atoms with Gasteiger partial charge >= 0.3 is 0 Å². The maximum absolute atomic E-state index is 12.0. The van der Waals surface area contributed by atoms with E-state index in [1.807, 2.05) is 30.3 Å². The largest absolute Gasteiger partial charge is 0.301 e. The molecule has 1 aromatic rings. The molecule has 3 nitrogen and oxygen atoms in total. The normalized spacial score (nSPS) is 15.9. The van der Waals surface area contributed by atoms with Crippen molar-refractivity contribution < 1.29 is 4.79 Å². The van der Waals surface area contributed by atoms with Crippen molar-refractivity contribution in [3.63, 3.8) is 0 Å². The topological polar surface area (TPSA) is 23.6 Å². The molecule has 0 radical (unpaired) electrons. The summed E-state index contributed by atoms with van der Waals surface area (Å²) in [6, 6.07) is 9.61. The molecule has 0 aliphatic carbocycles. The molecule has 21 heavy (non-hydrogen) atoms. The Bertz CT molecular complexity index is 393. The van der Waals surface area contributed by atoms with Gasteiger partial charge in [0.25, 0.3) is 0 Å². The molecule has 2 rings (SSSR count). The van der Waals surface area contributed by atoms with E-state index in [-0.39, 0.29) is 30.6 Å². The zero-order valence-electron chi connectivity index (χ0n) is 12.7. The van der Waals surface area contributed by atoms with Gasteiger partial charge in [0.2, 0.25) is 0 Å². The number of benzene rings is 1. The highest BCUT2D eigenvalue weighted by molar-refractivity contribution is 5.96. The molecule has 1 aliphatic rings. The second-order valence-corrected chi connectivity index (χ2v) is 5.22. The Morgan fingerprint density at radius 3 is 2.00 bits per heavy atom. The van der Waals surface area contributed by atoms with Gasteiger partial charge in [-0.3, -0.25) is 4.79 Å². The summed E-state index contributed by atoms with van der Waals surface area (Å²) in [4.78, 5) is 16.9. The van der Waals surface area contributed by atoms with Crippen LogP contribution in [0.3, 0.4) is 0 Å². The molecule has 5 heteroatoms. The fourth-order valence-corrected chi connectivity index (χ4v) is 2.58. The lowest BCUT2D eigenvalue weighted by Crippen LogP contribution is -2.46. The van der Waals surface area contributed by atoms with E-state index >= 15 is 0 Å². The number of Topliss-reactive ketones (excluding diaryl/α,β-unsaturated/α-hetero) is 1. The third-order valence-electron chi connectivity index (χ3n) is 3.76. The van der Waals surface area contributed by atoms with Crippen molar-refractivity contribution in [2.24, 2.45) is 0 Å². The number of carbonyl (C=O) groups excluding carboxylic acids is 1. The van der Waals surface area contributed by atoms with Crippen molar-refractivity contribution in [2.75, 3.05) is 39.3 Å². The lowest BCUT2D eigenvalue weighted by atomic mass is 10.1. The Hall–Kier alpha value is -0.610. The van der Waals surface area contributed by atoms with Gasteiger partial charge < -0.3 is 9.80 Å². The Labute approximate surface area is 140 Å². The Morgan fingerprint density at radius 1 is 0.952 bits per heavy atom. The molecular formula is C16H26Cl2N2O. The summed E-state index contributed by atoms with van der Waals surface area (Å²) in [5, 5.41) is 0. The molecule has 1 fully saturated rings. The van der Waals surface area contributed by atoms with Crippen LogP contribution in [0.1, 0.15) is 30.1 Å². The summed E-state index contributed by atoms with van der Waals surface area (Å²) >= 11 is 0. The molecule has 0 bridgehead atoms. The van der Waals surface area contributed by atoms with E-state index < -0.39 is 0 Å². The molecule has 120 valence electrons. The number of ketones is 1. The molecule has 0 unspecified atom stereocenters. The van der Waals surface area contributed by atoms with Crippen LogP contribution in [-0.2, 0) is 0 Å². The van der Waals surface area contributed by atoms with Crippen LogP contribution in [0.15, 0.2) is 30.3 Å². The van der Waals surface area contributed by atoms with Crippen LogP contribution in [0, 0.1) is 0 Å². The van der Waals surface area contributed by atoms with E-state index in [2.05, 4.69) is 16.7 Å². The molecule has 0 N–H and O–H groups in total. The molecule has 0 amide bonds. The van der Waals surface area contributed by atoms with Gasteiger partial charge in [0.1, 0.15) is 0 Å². The Balaban J connectivity index is 0.00000200. The average Bonchev–Trinajstić information content (AvgIpc) is 2.47. The molecule has 1 saturated heterocycles. The zero-order chi connectivity index (χ0) is 13.5. The van der Waals surface area contributed by atoms with Crippen molar-refractivity contribution in [3.8, 4) is 0 Å². The quantitative estimate of drug-likeness (QED) is 0.748. The van der Waals surface area contributed by atoms with E-state index in [4.69, 9.17) is 0 Å². The summed E-state index contributed by atoms with van der Waals surface area (Å²) in [7, 11) is 0. The Kier molecular flexibility index (Phi) is 10.7. The molecule has 0 saturated carbocycles. The van der Waals surface area contributed by atoms with Crippen molar-refractivity contribution in [2.45, 2.75) is 19.8 Å². The first-order valence-corrected chi connectivity index (χ1v) is 7.32. The van der Waals surface area contributed by atoms with Gasteiger partial charge in [-0.25, -0.2) is 0 Å². The second-order valence-electron chi connectivity index (χ2n) is 5.22. The van der Waals surface area contributed by atoms with Crippen molar-refractivity contribution in [1.82, 2.24) is 9.80 Å². The van der Waals surface area contributed by atoms with Gasteiger partial charge in [0, 0.05) is 44.7 Å². The fourth-order valence-electron chi connectivity index (χ4n) is 2.58. The molecule has 1 aliphatic heterocycles. The van der Waals surface area contributed by atoms with E-state index in [1.54, 1.807) is 0 Å². The average molecular weight is 333 g/mol. The number of hydrogen-bond acceptors (Lipinski definition) is 3. The third-order valence-corrected chi connectivity index (χ3v) is 3.76. The first kappa shape index (κ1) is 20.4. The van der Waals surface area contributed by atoms with E-state index in [1.165, 1.54) is 13.0 Å². The van der Waals surface area contributed by atoms with Crippen LogP contribution in [-0.4, -0.2) is 54.9 Å². The van der Waals surface area contributed by atoms with Crippen molar-refractivity contribution in [1.29, 1.82) is 0 Å². The van der Waals surface area contributed by atoms with Gasteiger partial charge in [0.05, 0.1) is 0 Å². The highest BCUT2D eigenvalue weighted by Gasteiger charge is 2.16. The molecule has 0 aromatic heterocycles. The monoisotopic (exact) mass is 332 g/mol. The maximum atomic E-state index is 12.0. The Morgan fingerprint density at radius 2 is 1.48 bits per heavy atom. The fraction of sp³-hybridized carbons (Fsp3) is 0.562. The molecular weight excluding hydrogens is 307 g/mol. The predicted molar refractivity (Wildman–Crippen MR) is 93.1 cm³/mol. The van der Waals surface area contributed by atoms with Crippen molar-refractivity contribution >= 4 is 30.6 Å². The minimum absolute atomic E-state index is 0. The molecule has 1 aromatic carbocycles. The number of carbonyl (C=O) groups is 1. The minimum atomic E-state index is 0. The lowest BCUT2D eigenvalue weighted by molar-refractivity contribution is 0.0928. The number of rotatable bonds is 6. The van der Waals surface area contributed by atoms with Crippen LogP contribution >= 0.6 is 24.8 Å². The highest BCUT2D eigenvalue weighted by atomic mass is 35.5. The van der Waals surface area contributed by atoms with Crippen LogP contribution in [0.2, 0.25) is 0 Å². The highest BCUT2D eigenvalue weighted by Crippen LogP contribution is 2.07. The zero-order valence-corrected chi connectivity index (χ0v) is 14.3. The summed E-state index contributed by atoms with van der Waals surface area (Å²) < 4.78 is 0. The number of hydrogen-bond donors (Lipinski definition) is 0. The number of halogens is 2. The van der Waals surface area contributed by atoms with Gasteiger partial charge in [0.15, 0.2) is 5.78 Å². The summed E-state index contributed by atoms with van der Waals surface area (Å²) in [5.74, 6) is 0.261. The molecule has 0 atom stereocenters. The molecule has 0 spiro atoms. The first-order valence-electron chi connectivity index (χ1n) is 7.32. The van der Waals surface area contributed by atoms with Crippen molar-refractivity contribution in [3.05, 3.63) is 35.9 Å². The van der Waals surface area contributed by atoms with Gasteiger partial charge in [-0.1, -0.05) is 37.3 Å².